The highest BCUT2D eigenvalue weighted by Crippen LogP contribution is 2.25. The zero-order valence-electron chi connectivity index (χ0n) is 10.9. The lowest BCUT2D eigenvalue weighted by Gasteiger charge is -1.98. The second kappa shape index (κ2) is 5.82. The summed E-state index contributed by atoms with van der Waals surface area (Å²) in [7, 11) is 0. The van der Waals surface area contributed by atoms with E-state index < -0.39 is 10.9 Å². The Morgan fingerprint density at radius 2 is 2.05 bits per heavy atom. The van der Waals surface area contributed by atoms with E-state index in [0.29, 0.717) is 5.56 Å². The summed E-state index contributed by atoms with van der Waals surface area (Å²) in [5.74, 6) is -0.403. The summed E-state index contributed by atoms with van der Waals surface area (Å²) >= 11 is 4.80. The lowest BCUT2D eigenvalue weighted by atomic mass is 10.2. The van der Waals surface area contributed by atoms with E-state index >= 15 is 0 Å². The molecule has 2 heterocycles. The van der Waals surface area contributed by atoms with Crippen LogP contribution in [0.3, 0.4) is 0 Å². The zero-order valence-corrected chi connectivity index (χ0v) is 13.3. The number of cyclic esters (lactones) is 1. The highest BCUT2D eigenvalue weighted by atomic mass is 79.9. The van der Waals surface area contributed by atoms with Gasteiger partial charge >= 0.3 is 5.97 Å². The third-order valence-corrected chi connectivity index (χ3v) is 4.45. The van der Waals surface area contributed by atoms with E-state index in [4.69, 9.17) is 4.74 Å². The number of ether oxygens (including phenoxy) is 1. The molecule has 6 nitrogen and oxygen atoms in total. The van der Waals surface area contributed by atoms with Gasteiger partial charge in [-0.05, 0) is 40.2 Å². The molecule has 3 rings (SSSR count). The quantitative estimate of drug-likeness (QED) is 0.352. The van der Waals surface area contributed by atoms with Crippen LogP contribution in [0.2, 0.25) is 0 Å². The fourth-order valence-electron chi connectivity index (χ4n) is 1.80. The number of nitro benzene ring substituents is 1. The number of hydrogen-bond donors (Lipinski definition) is 0. The Hall–Kier alpha value is -2.32. The average molecular weight is 379 g/mol. The van der Waals surface area contributed by atoms with Crippen molar-refractivity contribution in [3.05, 3.63) is 66.4 Å². The first-order valence-electron chi connectivity index (χ1n) is 6.04. The smallest absolute Gasteiger partial charge is 0.363 e. The van der Waals surface area contributed by atoms with Crippen molar-refractivity contribution < 1.29 is 14.5 Å². The van der Waals surface area contributed by atoms with Crippen molar-refractivity contribution in [1.82, 2.24) is 0 Å². The molecule has 0 amide bonds. The van der Waals surface area contributed by atoms with Gasteiger partial charge in [0.1, 0.15) is 0 Å². The maximum absolute atomic E-state index is 11.8. The Morgan fingerprint density at radius 3 is 2.64 bits per heavy atom. The van der Waals surface area contributed by atoms with Crippen molar-refractivity contribution in [3.63, 3.8) is 0 Å². The molecule has 1 aromatic heterocycles. The van der Waals surface area contributed by atoms with Gasteiger partial charge in [0.25, 0.3) is 5.69 Å². The van der Waals surface area contributed by atoms with E-state index in [2.05, 4.69) is 20.9 Å². The number of nitro groups is 1. The Balaban J connectivity index is 1.89. The van der Waals surface area contributed by atoms with Crippen LogP contribution in [0.4, 0.5) is 5.69 Å². The van der Waals surface area contributed by atoms with Gasteiger partial charge in [0.2, 0.25) is 5.90 Å². The molecule has 0 spiro atoms. The van der Waals surface area contributed by atoms with E-state index in [1.165, 1.54) is 35.6 Å². The molecule has 0 atom stereocenters. The molecule has 0 saturated carbocycles. The highest BCUT2D eigenvalue weighted by Gasteiger charge is 2.24. The van der Waals surface area contributed by atoms with Crippen LogP contribution in [0.1, 0.15) is 10.4 Å². The van der Waals surface area contributed by atoms with E-state index in [1.54, 1.807) is 6.08 Å². The molecule has 0 bridgehead atoms. The maximum atomic E-state index is 11.8. The third kappa shape index (κ3) is 2.97. The monoisotopic (exact) mass is 378 g/mol. The Morgan fingerprint density at radius 1 is 1.32 bits per heavy atom. The predicted octanol–water partition coefficient (Wildman–Crippen LogP) is 3.76. The summed E-state index contributed by atoms with van der Waals surface area (Å²) < 4.78 is 6.03. The summed E-state index contributed by atoms with van der Waals surface area (Å²) in [5.41, 5.74) is 0.672. The number of rotatable bonds is 3. The van der Waals surface area contributed by atoms with Crippen LogP contribution in [0.25, 0.3) is 6.08 Å². The van der Waals surface area contributed by atoms with Crippen molar-refractivity contribution in [2.24, 2.45) is 4.99 Å². The minimum absolute atomic E-state index is 0.0344. The predicted molar refractivity (Wildman–Crippen MR) is 85.7 cm³/mol. The number of hydrogen-bond acceptors (Lipinski definition) is 6. The number of carbonyl (C=O) groups is 1. The molecule has 0 unspecified atom stereocenters. The van der Waals surface area contributed by atoms with Gasteiger partial charge < -0.3 is 4.74 Å². The van der Waals surface area contributed by atoms with Gasteiger partial charge in [-0.15, -0.1) is 11.3 Å². The molecule has 1 aliphatic rings. The fourth-order valence-corrected chi connectivity index (χ4v) is 3.17. The molecule has 2 aromatic rings. The molecule has 0 aliphatic carbocycles. The first-order valence-corrected chi connectivity index (χ1v) is 7.71. The number of benzene rings is 1. The van der Waals surface area contributed by atoms with Gasteiger partial charge in [0.05, 0.1) is 4.92 Å². The Bertz CT molecular complexity index is 824. The van der Waals surface area contributed by atoms with Crippen LogP contribution >= 0.6 is 27.3 Å². The van der Waals surface area contributed by atoms with E-state index in [1.807, 2.05) is 11.4 Å². The van der Waals surface area contributed by atoms with Gasteiger partial charge in [-0.1, -0.05) is 0 Å². The number of carbonyl (C=O) groups excluding carboxylic acids is 1. The van der Waals surface area contributed by atoms with Crippen molar-refractivity contribution >= 4 is 50.9 Å². The lowest BCUT2D eigenvalue weighted by Crippen LogP contribution is -2.05. The summed E-state index contributed by atoms with van der Waals surface area (Å²) in [4.78, 5) is 27.0. The first kappa shape index (κ1) is 14.6. The number of esters is 1. The summed E-state index contributed by atoms with van der Waals surface area (Å²) in [5, 5.41) is 12.5. The van der Waals surface area contributed by atoms with Crippen molar-refractivity contribution in [1.29, 1.82) is 0 Å². The minimum Gasteiger partial charge on any atom is -0.402 e. The molecular weight excluding hydrogens is 372 g/mol. The number of aliphatic imine (C=N–C) groups is 1. The standard InChI is InChI=1S/C14H7BrN2O4S/c15-9-5-11(22-7-9)6-12-14(18)21-13(16-12)8-1-3-10(4-2-8)17(19)20/h1-7H/b12-6+. The molecule has 22 heavy (non-hydrogen) atoms. The van der Waals surface area contributed by atoms with Crippen molar-refractivity contribution in [2.45, 2.75) is 0 Å². The number of nitrogens with zero attached hydrogens (tertiary/aromatic N) is 2. The molecule has 1 aromatic carbocycles. The maximum Gasteiger partial charge on any atom is 0.363 e. The van der Waals surface area contributed by atoms with Crippen molar-refractivity contribution in [2.75, 3.05) is 0 Å². The number of non-ortho nitro benzene ring substituents is 1. The molecule has 110 valence electrons. The van der Waals surface area contributed by atoms with Crippen molar-refractivity contribution in [3.8, 4) is 0 Å². The summed E-state index contributed by atoms with van der Waals surface area (Å²) in [6.45, 7) is 0. The lowest BCUT2D eigenvalue weighted by molar-refractivity contribution is -0.384. The third-order valence-electron chi connectivity index (χ3n) is 2.81. The van der Waals surface area contributed by atoms with Crippen LogP contribution in [-0.4, -0.2) is 16.8 Å². The van der Waals surface area contributed by atoms with Gasteiger partial charge in [0, 0.05) is 32.4 Å². The van der Waals surface area contributed by atoms with E-state index in [-0.39, 0.29) is 17.3 Å². The van der Waals surface area contributed by atoms with E-state index in [0.717, 1.165) is 9.35 Å². The van der Waals surface area contributed by atoms with Crippen LogP contribution < -0.4 is 0 Å². The van der Waals surface area contributed by atoms with Gasteiger partial charge in [-0.25, -0.2) is 9.79 Å². The fraction of sp³-hybridized carbons (Fsp3) is 0. The van der Waals surface area contributed by atoms with Crippen LogP contribution in [0, 0.1) is 10.1 Å². The largest absolute Gasteiger partial charge is 0.402 e. The number of thiophene rings is 1. The minimum atomic E-state index is -0.544. The molecule has 8 heteroatoms. The molecule has 0 radical (unpaired) electrons. The van der Waals surface area contributed by atoms with Crippen LogP contribution in [0.15, 0.2) is 50.9 Å². The molecule has 0 fully saturated rings. The highest BCUT2D eigenvalue weighted by molar-refractivity contribution is 9.10. The Labute approximate surface area is 137 Å². The van der Waals surface area contributed by atoms with Gasteiger partial charge in [0.15, 0.2) is 5.70 Å². The topological polar surface area (TPSA) is 81.8 Å². The second-order valence-corrected chi connectivity index (χ2v) is 6.17. The molecule has 0 N–H and O–H groups in total. The zero-order chi connectivity index (χ0) is 15.7. The SMILES string of the molecule is O=C1OC(c2ccc([N+](=O)[O-])cc2)=N/C1=C/c1cc(Br)cs1. The summed E-state index contributed by atoms with van der Waals surface area (Å²) in [6.07, 6.45) is 1.64. The van der Waals surface area contributed by atoms with Gasteiger partial charge in [-0.2, -0.15) is 0 Å². The van der Waals surface area contributed by atoms with Crippen LogP contribution in [-0.2, 0) is 9.53 Å². The average Bonchev–Trinajstić information content (AvgIpc) is 3.06. The normalized spacial score (nSPS) is 15.8. The first-order chi connectivity index (χ1) is 10.5. The summed E-state index contributed by atoms with van der Waals surface area (Å²) in [6, 6.07) is 7.53. The second-order valence-electron chi connectivity index (χ2n) is 4.31. The Kier molecular flexibility index (Phi) is 3.86. The molecular formula is C14H7BrN2O4S. The van der Waals surface area contributed by atoms with Gasteiger partial charge in [-0.3, -0.25) is 10.1 Å². The van der Waals surface area contributed by atoms with E-state index in [9.17, 15) is 14.9 Å². The molecule has 0 saturated heterocycles. The molecule has 1 aliphatic heterocycles. The number of halogens is 1. The van der Waals surface area contributed by atoms with Crippen LogP contribution in [0.5, 0.6) is 0 Å².